The van der Waals surface area contributed by atoms with E-state index in [-0.39, 0.29) is 18.2 Å². The molecule has 1 fully saturated rings. The van der Waals surface area contributed by atoms with Crippen LogP contribution in [0.5, 0.6) is 5.75 Å². The van der Waals surface area contributed by atoms with Crippen molar-refractivity contribution in [3.8, 4) is 5.75 Å². The van der Waals surface area contributed by atoms with Crippen molar-refractivity contribution in [2.45, 2.75) is 32.7 Å². The minimum atomic E-state index is -0.306. The van der Waals surface area contributed by atoms with Crippen LogP contribution in [0.25, 0.3) is 0 Å². The maximum absolute atomic E-state index is 11.4. The van der Waals surface area contributed by atoms with Gasteiger partial charge in [0.05, 0.1) is 12.3 Å². The van der Waals surface area contributed by atoms with Gasteiger partial charge < -0.3 is 10.1 Å². The number of carbonyl (C=O) groups is 1. The summed E-state index contributed by atoms with van der Waals surface area (Å²) in [7, 11) is 0. The van der Waals surface area contributed by atoms with E-state index in [2.05, 4.69) is 45.8 Å². The van der Waals surface area contributed by atoms with E-state index in [1.165, 1.54) is 5.56 Å². The quantitative estimate of drug-likeness (QED) is 0.473. The number of para-hydroxylation sites is 1. The van der Waals surface area contributed by atoms with Crippen molar-refractivity contribution >= 4 is 12.2 Å². The molecule has 0 bridgehead atoms. The molecule has 1 saturated heterocycles. The highest BCUT2D eigenvalue weighted by Gasteiger charge is 2.23. The first-order valence-electron chi connectivity index (χ1n) is 8.50. The lowest BCUT2D eigenvalue weighted by molar-refractivity contribution is 0.202. The van der Waals surface area contributed by atoms with Crippen molar-refractivity contribution in [1.82, 2.24) is 21.6 Å². The summed E-state index contributed by atoms with van der Waals surface area (Å²) in [5.41, 5.74) is 11.5. The number of hydrogen-bond donors (Lipinski definition) is 4. The van der Waals surface area contributed by atoms with Gasteiger partial charge in [0, 0.05) is 5.56 Å². The number of hydrogen-bond acceptors (Lipinski definition) is 5. The van der Waals surface area contributed by atoms with Gasteiger partial charge in [-0.05, 0) is 37.1 Å². The van der Waals surface area contributed by atoms with Crippen molar-refractivity contribution in [3.05, 3.63) is 65.2 Å². The van der Waals surface area contributed by atoms with Crippen LogP contribution in [0.15, 0.2) is 53.6 Å². The number of carbonyl (C=O) groups excluding carboxylic acids is 1. The lowest BCUT2D eigenvalue weighted by atomic mass is 10.1. The molecule has 2 amide bonds. The van der Waals surface area contributed by atoms with Crippen LogP contribution < -0.4 is 26.3 Å². The molecule has 0 spiro atoms. The van der Waals surface area contributed by atoms with Gasteiger partial charge >= 0.3 is 6.03 Å². The van der Waals surface area contributed by atoms with E-state index in [1.807, 2.05) is 43.3 Å². The molecule has 0 aliphatic carbocycles. The monoisotopic (exact) mass is 353 g/mol. The molecule has 7 nitrogen and oxygen atoms in total. The average molecular weight is 353 g/mol. The molecule has 2 aromatic rings. The molecule has 7 heteroatoms. The van der Waals surface area contributed by atoms with Gasteiger partial charge in [-0.25, -0.2) is 10.2 Å². The Bertz CT molecular complexity index is 793. The summed E-state index contributed by atoms with van der Waals surface area (Å²) < 4.78 is 5.97. The number of benzene rings is 2. The number of rotatable bonds is 6. The van der Waals surface area contributed by atoms with Crippen LogP contribution in [-0.4, -0.2) is 24.5 Å². The molecule has 26 heavy (non-hydrogen) atoms. The minimum absolute atomic E-state index is 0.0163. The highest BCUT2D eigenvalue weighted by atomic mass is 16.5. The fourth-order valence-corrected chi connectivity index (χ4v) is 2.54. The van der Waals surface area contributed by atoms with Crippen LogP contribution in [0.4, 0.5) is 4.79 Å². The number of hydrazone groups is 1. The summed E-state index contributed by atoms with van der Waals surface area (Å²) in [6.07, 6.45) is 1.38. The van der Waals surface area contributed by atoms with E-state index in [0.29, 0.717) is 6.61 Å². The molecule has 2 aromatic carbocycles. The van der Waals surface area contributed by atoms with E-state index < -0.39 is 0 Å². The summed E-state index contributed by atoms with van der Waals surface area (Å²) in [6.45, 7) is 4.49. The molecule has 1 heterocycles. The van der Waals surface area contributed by atoms with Crippen LogP contribution in [0.3, 0.4) is 0 Å². The number of urea groups is 1. The molecular formula is C19H23N5O2. The summed E-state index contributed by atoms with van der Waals surface area (Å²) in [4.78, 5) is 11.4. The number of nitrogens with zero attached hydrogens (tertiary/aromatic N) is 1. The van der Waals surface area contributed by atoms with E-state index in [0.717, 1.165) is 16.9 Å². The highest BCUT2D eigenvalue weighted by Crippen LogP contribution is 2.18. The number of hydrazine groups is 1. The Labute approximate surface area is 152 Å². The molecule has 136 valence electrons. The first kappa shape index (κ1) is 17.8. The summed E-state index contributed by atoms with van der Waals surface area (Å²) in [5, 5.41) is 7.00. The van der Waals surface area contributed by atoms with E-state index in [1.54, 1.807) is 6.21 Å². The average Bonchev–Trinajstić information content (AvgIpc) is 2.65. The van der Waals surface area contributed by atoms with Crippen LogP contribution in [-0.2, 0) is 6.61 Å². The molecule has 0 radical (unpaired) electrons. The van der Waals surface area contributed by atoms with Crippen LogP contribution >= 0.6 is 0 Å². The molecule has 2 unspecified atom stereocenters. The predicted octanol–water partition coefficient (Wildman–Crippen LogP) is 2.03. The first-order chi connectivity index (χ1) is 12.6. The van der Waals surface area contributed by atoms with Crippen molar-refractivity contribution in [2.24, 2.45) is 5.10 Å². The van der Waals surface area contributed by atoms with Gasteiger partial charge in [-0.1, -0.05) is 36.4 Å². The fourth-order valence-electron chi connectivity index (χ4n) is 2.54. The van der Waals surface area contributed by atoms with Crippen LogP contribution in [0, 0.1) is 6.92 Å². The Kier molecular flexibility index (Phi) is 5.70. The van der Waals surface area contributed by atoms with E-state index in [4.69, 9.17) is 4.74 Å². The zero-order chi connectivity index (χ0) is 18.4. The third-order valence-electron chi connectivity index (χ3n) is 4.18. The van der Waals surface area contributed by atoms with E-state index >= 15 is 0 Å². The van der Waals surface area contributed by atoms with Crippen molar-refractivity contribution in [1.29, 1.82) is 0 Å². The van der Waals surface area contributed by atoms with Gasteiger partial charge in [0.15, 0.2) is 0 Å². The largest absolute Gasteiger partial charge is 0.488 e. The molecule has 2 atom stereocenters. The maximum atomic E-state index is 11.4. The summed E-state index contributed by atoms with van der Waals surface area (Å²) in [5.74, 6) is 0.752. The summed E-state index contributed by atoms with van der Waals surface area (Å²) >= 11 is 0. The fraction of sp³-hybridized carbons (Fsp3) is 0.263. The van der Waals surface area contributed by atoms with Gasteiger partial charge in [0.1, 0.15) is 18.5 Å². The molecule has 1 aliphatic heterocycles. The first-order valence-corrected chi connectivity index (χ1v) is 8.50. The SMILES string of the molecule is Cc1ccccc1COc1ccccc1/C=N/NC1NC(=O)NNC1C. The topological polar surface area (TPSA) is 86.8 Å². The summed E-state index contributed by atoms with van der Waals surface area (Å²) in [6, 6.07) is 15.5. The van der Waals surface area contributed by atoms with Gasteiger partial charge in [0.25, 0.3) is 0 Å². The third-order valence-corrected chi connectivity index (χ3v) is 4.18. The molecule has 0 aromatic heterocycles. The van der Waals surface area contributed by atoms with Gasteiger partial charge in [-0.2, -0.15) is 5.10 Å². The third kappa shape index (κ3) is 4.52. The minimum Gasteiger partial charge on any atom is -0.488 e. The van der Waals surface area contributed by atoms with Crippen LogP contribution in [0.1, 0.15) is 23.6 Å². The van der Waals surface area contributed by atoms with Crippen molar-refractivity contribution in [2.75, 3.05) is 0 Å². The zero-order valence-electron chi connectivity index (χ0n) is 14.8. The Balaban J connectivity index is 1.63. The second-order valence-corrected chi connectivity index (χ2v) is 6.15. The lowest BCUT2D eigenvalue weighted by Crippen LogP contribution is -2.67. The Morgan fingerprint density at radius 1 is 1.19 bits per heavy atom. The smallest absolute Gasteiger partial charge is 0.330 e. The van der Waals surface area contributed by atoms with Gasteiger partial charge in [-0.3, -0.25) is 10.9 Å². The van der Waals surface area contributed by atoms with Gasteiger partial charge in [-0.15, -0.1) is 0 Å². The Hall–Kier alpha value is -3.06. The number of ether oxygens (including phenoxy) is 1. The highest BCUT2D eigenvalue weighted by molar-refractivity contribution is 5.83. The number of aryl methyl sites for hydroxylation is 1. The Morgan fingerprint density at radius 3 is 2.81 bits per heavy atom. The van der Waals surface area contributed by atoms with E-state index in [9.17, 15) is 4.79 Å². The Morgan fingerprint density at radius 2 is 1.96 bits per heavy atom. The zero-order valence-corrected chi connectivity index (χ0v) is 14.8. The number of amides is 2. The molecular weight excluding hydrogens is 330 g/mol. The lowest BCUT2D eigenvalue weighted by Gasteiger charge is -2.30. The van der Waals surface area contributed by atoms with Crippen LogP contribution in [0.2, 0.25) is 0 Å². The second-order valence-electron chi connectivity index (χ2n) is 6.15. The normalized spacial score (nSPS) is 19.7. The maximum Gasteiger partial charge on any atom is 0.330 e. The van der Waals surface area contributed by atoms with Crippen molar-refractivity contribution in [3.63, 3.8) is 0 Å². The predicted molar refractivity (Wildman–Crippen MR) is 101 cm³/mol. The molecule has 3 rings (SSSR count). The number of nitrogens with one attached hydrogen (secondary N) is 4. The molecule has 4 N–H and O–H groups in total. The second kappa shape index (κ2) is 8.35. The molecule has 0 saturated carbocycles. The van der Waals surface area contributed by atoms with Crippen molar-refractivity contribution < 1.29 is 9.53 Å². The van der Waals surface area contributed by atoms with Gasteiger partial charge in [0.2, 0.25) is 0 Å². The molecule has 1 aliphatic rings. The standard InChI is InChI=1S/C19H23N5O2/c1-13-7-3-4-9-16(13)12-26-17-10-6-5-8-15(17)11-20-23-18-14(2)22-24-19(25)21-18/h3-11,14,18,22-23H,12H2,1-2H3,(H2,21,24,25)/b20-11+.